The Bertz CT molecular complexity index is 1970. The van der Waals surface area contributed by atoms with E-state index in [-0.39, 0.29) is 52.0 Å². The van der Waals surface area contributed by atoms with Gasteiger partial charge in [-0.15, -0.1) is 0 Å². The molecule has 11 atom stereocenters. The predicted octanol–water partition coefficient (Wildman–Crippen LogP) is 6.97. The third kappa shape index (κ3) is 6.05. The maximum absolute atomic E-state index is 13.2. The van der Waals surface area contributed by atoms with Crippen LogP contribution in [0, 0.1) is 46.3 Å². The minimum Gasteiger partial charge on any atom is -0.461 e. The molecule has 2 aromatic heterocycles. The van der Waals surface area contributed by atoms with E-state index in [2.05, 4.69) is 40.7 Å². The third-order valence-electron chi connectivity index (χ3n) is 14.1. The fourth-order valence-corrected chi connectivity index (χ4v) is 11.4. The standard InChI is InChI=1S/C42H50N4O6/c1-24(9-8-18-51-39(49)34-22-43-30-10-4-6-12-32(30)45-34)27-14-15-28-38-29(21-37(48)42(27,28)3)41(2)17-16-26(19-25(41)20-36(38)47)52-40(50)35-23-44-31-11-5-7-13-33(31)46-35/h4-7,10-13,22-29,36-38,47-48H,8-9,14-21H2,1-3H3/t24?,25?,26-,27?,28+,29+,36-,37+,38+,41+,42-/m1/s1. The van der Waals surface area contributed by atoms with Crippen LogP contribution in [0.2, 0.25) is 0 Å². The van der Waals surface area contributed by atoms with Gasteiger partial charge in [-0.25, -0.2) is 19.6 Å². The molecular weight excluding hydrogens is 656 g/mol. The SMILES string of the molecule is CC(CCCOC(=O)c1cnc2ccccc2n1)C1CC[C@H]2[C@@H]3[C@H](O)CC4C[C@H](OC(=O)c5cnc6ccccc6n5)CC[C@]4(C)[C@H]3C[C@H](O)[C@]12C. The molecule has 3 unspecified atom stereocenters. The molecule has 4 aromatic rings. The Labute approximate surface area is 304 Å². The lowest BCUT2D eigenvalue weighted by molar-refractivity contribution is -0.207. The monoisotopic (exact) mass is 706 g/mol. The van der Waals surface area contributed by atoms with E-state index >= 15 is 0 Å². The normalized spacial score (nSPS) is 34.6. The quantitative estimate of drug-likeness (QED) is 0.146. The minimum absolute atomic E-state index is 0.0408. The molecular formula is C42H50N4O6. The lowest BCUT2D eigenvalue weighted by Gasteiger charge is -2.63. The molecule has 4 saturated carbocycles. The highest BCUT2D eigenvalue weighted by Gasteiger charge is 2.65. The van der Waals surface area contributed by atoms with Crippen LogP contribution in [-0.2, 0) is 9.47 Å². The van der Waals surface area contributed by atoms with E-state index in [1.807, 2.05) is 48.5 Å². The Hall–Kier alpha value is -4.02. The Kier molecular flexibility index (Phi) is 9.27. The Morgan fingerprint density at radius 1 is 0.827 bits per heavy atom. The zero-order valence-electron chi connectivity index (χ0n) is 30.4. The van der Waals surface area contributed by atoms with Gasteiger partial charge in [0.15, 0.2) is 11.4 Å². The summed E-state index contributed by atoms with van der Waals surface area (Å²) in [5, 5.41) is 23.9. The van der Waals surface area contributed by atoms with Gasteiger partial charge in [0.05, 0.1) is 53.3 Å². The zero-order valence-corrected chi connectivity index (χ0v) is 30.4. The number of nitrogens with zero attached hydrogens (tertiary/aromatic N) is 4. The molecule has 4 aliphatic carbocycles. The van der Waals surface area contributed by atoms with Crippen molar-refractivity contribution in [2.24, 2.45) is 46.3 Å². The van der Waals surface area contributed by atoms with Gasteiger partial charge < -0.3 is 19.7 Å². The highest BCUT2D eigenvalue weighted by atomic mass is 16.5. The van der Waals surface area contributed by atoms with E-state index in [1.54, 1.807) is 0 Å². The fourth-order valence-electron chi connectivity index (χ4n) is 11.4. The van der Waals surface area contributed by atoms with Gasteiger partial charge >= 0.3 is 11.9 Å². The zero-order chi connectivity index (χ0) is 36.2. The Morgan fingerprint density at radius 3 is 2.13 bits per heavy atom. The summed E-state index contributed by atoms with van der Waals surface area (Å²) in [5.74, 6) is 0.544. The van der Waals surface area contributed by atoms with Crippen molar-refractivity contribution in [2.45, 2.75) is 96.9 Å². The van der Waals surface area contributed by atoms with Crippen LogP contribution >= 0.6 is 0 Å². The number of hydrogen-bond acceptors (Lipinski definition) is 10. The lowest BCUT2D eigenvalue weighted by Crippen LogP contribution is -2.62. The van der Waals surface area contributed by atoms with Crippen LogP contribution in [0.1, 0.15) is 99.5 Å². The number of aliphatic hydroxyl groups excluding tert-OH is 2. The third-order valence-corrected chi connectivity index (χ3v) is 14.1. The summed E-state index contributed by atoms with van der Waals surface area (Å²) in [6, 6.07) is 14.9. The van der Waals surface area contributed by atoms with Gasteiger partial charge in [-0.2, -0.15) is 0 Å². The molecule has 4 aliphatic rings. The molecule has 0 bridgehead atoms. The summed E-state index contributed by atoms with van der Waals surface area (Å²) in [6.45, 7) is 7.22. The predicted molar refractivity (Wildman–Crippen MR) is 195 cm³/mol. The smallest absolute Gasteiger partial charge is 0.358 e. The molecule has 274 valence electrons. The van der Waals surface area contributed by atoms with Crippen LogP contribution < -0.4 is 0 Å². The highest BCUT2D eigenvalue weighted by molar-refractivity contribution is 5.90. The second-order valence-electron chi connectivity index (χ2n) is 16.6. The number of para-hydroxylation sites is 4. The van der Waals surface area contributed by atoms with Crippen molar-refractivity contribution in [3.8, 4) is 0 Å². The van der Waals surface area contributed by atoms with Crippen molar-refractivity contribution in [1.29, 1.82) is 0 Å². The molecule has 2 N–H and O–H groups in total. The first-order chi connectivity index (χ1) is 25.1. The van der Waals surface area contributed by atoms with Crippen molar-refractivity contribution >= 4 is 34.0 Å². The Balaban J connectivity index is 0.882. The van der Waals surface area contributed by atoms with Crippen molar-refractivity contribution in [3.05, 3.63) is 72.3 Å². The molecule has 10 heteroatoms. The van der Waals surface area contributed by atoms with Gasteiger partial charge in [0.2, 0.25) is 0 Å². The van der Waals surface area contributed by atoms with Gasteiger partial charge in [-0.3, -0.25) is 9.97 Å². The number of carbonyl (C=O) groups excluding carboxylic acids is 2. The van der Waals surface area contributed by atoms with E-state index < -0.39 is 24.1 Å². The molecule has 0 amide bonds. The lowest BCUT2D eigenvalue weighted by atomic mass is 9.43. The maximum atomic E-state index is 13.2. The minimum atomic E-state index is -0.461. The Morgan fingerprint density at radius 2 is 1.46 bits per heavy atom. The molecule has 0 aliphatic heterocycles. The summed E-state index contributed by atoms with van der Waals surface area (Å²) in [4.78, 5) is 43.5. The van der Waals surface area contributed by atoms with Gasteiger partial charge in [-0.1, -0.05) is 45.0 Å². The van der Waals surface area contributed by atoms with E-state index in [4.69, 9.17) is 9.47 Å². The van der Waals surface area contributed by atoms with E-state index in [0.717, 1.165) is 49.6 Å². The first-order valence-electron chi connectivity index (χ1n) is 19.2. The van der Waals surface area contributed by atoms with E-state index in [1.165, 1.54) is 12.4 Å². The molecule has 10 nitrogen and oxygen atoms in total. The molecule has 52 heavy (non-hydrogen) atoms. The fraction of sp³-hybridized carbons (Fsp3) is 0.571. The molecule has 4 fully saturated rings. The summed E-state index contributed by atoms with van der Waals surface area (Å²) in [5.41, 5.74) is 2.90. The summed E-state index contributed by atoms with van der Waals surface area (Å²) >= 11 is 0. The topological polar surface area (TPSA) is 145 Å². The number of benzene rings is 2. The van der Waals surface area contributed by atoms with Crippen molar-refractivity contribution < 1.29 is 29.3 Å². The maximum Gasteiger partial charge on any atom is 0.358 e. The first kappa shape index (κ1) is 35.0. The highest BCUT2D eigenvalue weighted by Crippen LogP contribution is 2.68. The van der Waals surface area contributed by atoms with Crippen molar-refractivity contribution in [3.63, 3.8) is 0 Å². The second-order valence-corrected chi connectivity index (χ2v) is 16.6. The second kappa shape index (κ2) is 13.8. The van der Waals surface area contributed by atoms with Crippen molar-refractivity contribution in [2.75, 3.05) is 6.61 Å². The molecule has 0 radical (unpaired) electrons. The number of hydrogen-bond donors (Lipinski definition) is 2. The van der Waals surface area contributed by atoms with E-state index in [0.29, 0.717) is 48.7 Å². The summed E-state index contributed by atoms with van der Waals surface area (Å²) in [6.07, 6.45) is 9.20. The molecule has 2 heterocycles. The van der Waals surface area contributed by atoms with Gasteiger partial charge in [0.1, 0.15) is 6.10 Å². The number of rotatable bonds is 8. The van der Waals surface area contributed by atoms with Crippen LogP contribution in [-0.4, -0.2) is 67.0 Å². The largest absolute Gasteiger partial charge is 0.461 e. The number of esters is 2. The summed E-state index contributed by atoms with van der Waals surface area (Å²) < 4.78 is 11.6. The van der Waals surface area contributed by atoms with Crippen LogP contribution in [0.25, 0.3) is 22.1 Å². The van der Waals surface area contributed by atoms with Crippen molar-refractivity contribution in [1.82, 2.24) is 19.9 Å². The van der Waals surface area contributed by atoms with Crippen LogP contribution in [0.15, 0.2) is 60.9 Å². The first-order valence-corrected chi connectivity index (χ1v) is 19.2. The number of aliphatic hydroxyl groups is 2. The molecule has 8 rings (SSSR count). The van der Waals surface area contributed by atoms with Crippen LogP contribution in [0.3, 0.4) is 0 Å². The van der Waals surface area contributed by atoms with Crippen LogP contribution in [0.5, 0.6) is 0 Å². The van der Waals surface area contributed by atoms with Crippen LogP contribution in [0.4, 0.5) is 0 Å². The number of fused-ring (bicyclic) bond motifs is 7. The molecule has 0 spiro atoms. The molecule has 0 saturated heterocycles. The number of aromatic nitrogens is 4. The number of ether oxygens (including phenoxy) is 2. The number of carbonyl (C=O) groups is 2. The average molecular weight is 707 g/mol. The van der Waals surface area contributed by atoms with E-state index in [9.17, 15) is 19.8 Å². The summed E-state index contributed by atoms with van der Waals surface area (Å²) in [7, 11) is 0. The van der Waals surface area contributed by atoms with Gasteiger partial charge in [-0.05, 0) is 128 Å². The average Bonchev–Trinajstić information content (AvgIpc) is 3.52. The van der Waals surface area contributed by atoms with Gasteiger partial charge in [0, 0.05) is 0 Å². The molecule has 2 aromatic carbocycles. The van der Waals surface area contributed by atoms with Gasteiger partial charge in [0.25, 0.3) is 0 Å².